The zero-order chi connectivity index (χ0) is 17.7. The molecular weight excluding hydrogens is 338 g/mol. The fourth-order valence-electron chi connectivity index (χ4n) is 3.82. The maximum Gasteiger partial charge on any atom is 0.101 e. The van der Waals surface area contributed by atoms with E-state index in [4.69, 9.17) is 12.2 Å². The van der Waals surface area contributed by atoms with Crippen LogP contribution in [0.15, 0.2) is 71.8 Å². The number of nitrogens with zero attached hydrogens (tertiary/aromatic N) is 2. The standard InChI is InChI=1S/C22H17N3S/c1-25-19-10-6-5-9-16(19)18-13-17-15(11-20(18)25)12-21(26)23-24-22(17)14-7-3-2-4-8-14/h2-11,13H,12H2,1H3,(H,23,26). The summed E-state index contributed by atoms with van der Waals surface area (Å²) in [5, 5.41) is 7.14. The Labute approximate surface area is 156 Å². The number of benzene rings is 3. The number of thiocarbonyl (C=S) groups is 1. The molecule has 2 heterocycles. The number of hydrazone groups is 1. The van der Waals surface area contributed by atoms with E-state index in [2.05, 4.69) is 70.7 Å². The lowest BCUT2D eigenvalue weighted by atomic mass is 9.94. The highest BCUT2D eigenvalue weighted by atomic mass is 32.1. The van der Waals surface area contributed by atoms with E-state index in [1.165, 1.54) is 27.4 Å². The van der Waals surface area contributed by atoms with E-state index >= 15 is 0 Å². The van der Waals surface area contributed by atoms with Gasteiger partial charge in [0.2, 0.25) is 0 Å². The molecule has 126 valence electrons. The second-order valence-corrected chi connectivity index (χ2v) is 7.13. The van der Waals surface area contributed by atoms with Crippen molar-refractivity contribution in [1.29, 1.82) is 0 Å². The van der Waals surface area contributed by atoms with Crippen molar-refractivity contribution in [2.24, 2.45) is 12.1 Å². The third kappa shape index (κ3) is 2.26. The zero-order valence-corrected chi connectivity index (χ0v) is 15.2. The van der Waals surface area contributed by atoms with Gasteiger partial charge in [-0.25, -0.2) is 0 Å². The first-order valence-corrected chi connectivity index (χ1v) is 9.05. The van der Waals surface area contributed by atoms with E-state index in [9.17, 15) is 0 Å². The summed E-state index contributed by atoms with van der Waals surface area (Å²) in [5.41, 5.74) is 9.90. The highest BCUT2D eigenvalue weighted by Crippen LogP contribution is 2.32. The van der Waals surface area contributed by atoms with Crippen LogP contribution in [-0.4, -0.2) is 15.3 Å². The molecule has 0 saturated heterocycles. The predicted molar refractivity (Wildman–Crippen MR) is 112 cm³/mol. The van der Waals surface area contributed by atoms with E-state index in [1.54, 1.807) is 0 Å². The van der Waals surface area contributed by atoms with Crippen molar-refractivity contribution < 1.29 is 0 Å². The highest BCUT2D eigenvalue weighted by Gasteiger charge is 2.20. The Bertz CT molecular complexity index is 1200. The van der Waals surface area contributed by atoms with Gasteiger partial charge in [0, 0.05) is 46.4 Å². The average molecular weight is 355 g/mol. The quantitative estimate of drug-likeness (QED) is 0.507. The second kappa shape index (κ2) is 5.78. The Hall–Kier alpha value is -2.98. The van der Waals surface area contributed by atoms with Crippen LogP contribution in [0.4, 0.5) is 0 Å². The predicted octanol–water partition coefficient (Wildman–Crippen LogP) is 4.56. The van der Waals surface area contributed by atoms with Gasteiger partial charge in [-0.05, 0) is 23.8 Å². The van der Waals surface area contributed by atoms with Crippen molar-refractivity contribution >= 4 is 44.7 Å². The van der Waals surface area contributed by atoms with E-state index in [1.807, 2.05) is 18.2 Å². The Kier molecular flexibility index (Phi) is 3.40. The van der Waals surface area contributed by atoms with Crippen molar-refractivity contribution in [3.8, 4) is 0 Å². The van der Waals surface area contributed by atoms with Crippen LogP contribution in [0.1, 0.15) is 16.7 Å². The van der Waals surface area contributed by atoms with Crippen LogP contribution in [-0.2, 0) is 13.5 Å². The van der Waals surface area contributed by atoms with E-state index in [0.29, 0.717) is 6.42 Å². The SMILES string of the molecule is Cn1c2ccccc2c2cc3c(cc21)CC(=S)NN=C3c1ccccc1. The van der Waals surface area contributed by atoms with Gasteiger partial charge in [0.05, 0.1) is 5.71 Å². The number of aryl methyl sites for hydroxylation is 1. The summed E-state index contributed by atoms with van der Waals surface area (Å²) in [5.74, 6) is 0. The number of aromatic nitrogens is 1. The minimum Gasteiger partial charge on any atom is -0.344 e. The molecule has 0 aliphatic carbocycles. The van der Waals surface area contributed by atoms with Gasteiger partial charge in [-0.2, -0.15) is 5.10 Å². The van der Waals surface area contributed by atoms with Crippen molar-refractivity contribution in [3.05, 3.63) is 83.4 Å². The minimum atomic E-state index is 0.696. The van der Waals surface area contributed by atoms with E-state index in [0.717, 1.165) is 21.8 Å². The highest BCUT2D eigenvalue weighted by molar-refractivity contribution is 7.80. The van der Waals surface area contributed by atoms with Gasteiger partial charge < -0.3 is 4.57 Å². The molecule has 0 radical (unpaired) electrons. The molecule has 0 atom stereocenters. The Balaban J connectivity index is 1.86. The van der Waals surface area contributed by atoms with Crippen LogP contribution in [0.3, 0.4) is 0 Å². The van der Waals surface area contributed by atoms with Crippen molar-refractivity contribution in [3.63, 3.8) is 0 Å². The third-order valence-electron chi connectivity index (χ3n) is 5.08. The van der Waals surface area contributed by atoms with Crippen LogP contribution in [0.25, 0.3) is 21.8 Å². The van der Waals surface area contributed by atoms with Crippen molar-refractivity contribution in [2.45, 2.75) is 6.42 Å². The van der Waals surface area contributed by atoms with Crippen LogP contribution < -0.4 is 5.43 Å². The van der Waals surface area contributed by atoms with E-state index in [-0.39, 0.29) is 0 Å². The first-order valence-electron chi connectivity index (χ1n) is 8.65. The van der Waals surface area contributed by atoms with E-state index < -0.39 is 0 Å². The molecule has 0 amide bonds. The van der Waals surface area contributed by atoms with Gasteiger partial charge >= 0.3 is 0 Å². The first-order chi connectivity index (χ1) is 12.7. The van der Waals surface area contributed by atoms with Gasteiger partial charge in [-0.15, -0.1) is 0 Å². The number of rotatable bonds is 1. The number of fused-ring (bicyclic) bond motifs is 4. The minimum absolute atomic E-state index is 0.696. The lowest BCUT2D eigenvalue weighted by Crippen LogP contribution is -2.16. The monoisotopic (exact) mass is 355 g/mol. The fourth-order valence-corrected chi connectivity index (χ4v) is 4.02. The number of hydrogen-bond donors (Lipinski definition) is 1. The summed E-state index contributed by atoms with van der Waals surface area (Å²) < 4.78 is 2.26. The molecule has 5 rings (SSSR count). The first kappa shape index (κ1) is 15.3. The smallest absolute Gasteiger partial charge is 0.101 e. The summed E-state index contributed by atoms with van der Waals surface area (Å²) in [6, 6.07) is 23.3. The molecule has 0 spiro atoms. The molecule has 1 aliphatic rings. The fraction of sp³-hybridized carbons (Fsp3) is 0.0909. The number of para-hydroxylation sites is 1. The van der Waals surface area contributed by atoms with Crippen molar-refractivity contribution in [1.82, 2.24) is 9.99 Å². The summed E-state index contributed by atoms with van der Waals surface area (Å²) in [4.78, 5) is 0.746. The molecule has 3 aromatic carbocycles. The Morgan fingerprint density at radius 2 is 1.69 bits per heavy atom. The molecule has 0 fully saturated rings. The molecule has 26 heavy (non-hydrogen) atoms. The van der Waals surface area contributed by atoms with Crippen LogP contribution in [0.5, 0.6) is 0 Å². The Morgan fingerprint density at radius 1 is 0.923 bits per heavy atom. The molecule has 3 nitrogen and oxygen atoms in total. The van der Waals surface area contributed by atoms with Gasteiger partial charge in [-0.3, -0.25) is 5.43 Å². The molecule has 4 heteroatoms. The molecule has 1 aromatic heterocycles. The number of nitrogens with one attached hydrogen (secondary N) is 1. The largest absolute Gasteiger partial charge is 0.344 e. The lowest BCUT2D eigenvalue weighted by molar-refractivity contribution is 1.01. The normalized spacial score (nSPS) is 14.0. The molecule has 0 bridgehead atoms. The molecule has 1 aliphatic heterocycles. The Morgan fingerprint density at radius 3 is 2.54 bits per heavy atom. The van der Waals surface area contributed by atoms with Gasteiger partial charge in [0.1, 0.15) is 4.99 Å². The van der Waals surface area contributed by atoms with Crippen LogP contribution in [0, 0.1) is 0 Å². The average Bonchev–Trinajstić information content (AvgIpc) is 2.84. The topological polar surface area (TPSA) is 29.3 Å². The molecule has 4 aromatic rings. The van der Waals surface area contributed by atoms with Gasteiger partial charge in [0.15, 0.2) is 0 Å². The molecule has 1 N–H and O–H groups in total. The van der Waals surface area contributed by atoms with Crippen molar-refractivity contribution in [2.75, 3.05) is 0 Å². The third-order valence-corrected chi connectivity index (χ3v) is 5.32. The molecule has 0 saturated carbocycles. The molecule has 0 unspecified atom stereocenters. The summed E-state index contributed by atoms with van der Waals surface area (Å²) in [7, 11) is 2.12. The second-order valence-electron chi connectivity index (χ2n) is 6.64. The number of hydrogen-bond acceptors (Lipinski definition) is 2. The lowest BCUT2D eigenvalue weighted by Gasteiger charge is -2.10. The van der Waals surface area contributed by atoms with Gasteiger partial charge in [-0.1, -0.05) is 60.7 Å². The summed E-state index contributed by atoms with van der Waals surface area (Å²) in [6.45, 7) is 0. The zero-order valence-electron chi connectivity index (χ0n) is 14.4. The summed E-state index contributed by atoms with van der Waals surface area (Å²) >= 11 is 5.47. The maximum absolute atomic E-state index is 5.47. The summed E-state index contributed by atoms with van der Waals surface area (Å²) in [6.07, 6.45) is 0.696. The van der Waals surface area contributed by atoms with Gasteiger partial charge in [0.25, 0.3) is 0 Å². The molecular formula is C22H17N3S. The maximum atomic E-state index is 5.47. The van der Waals surface area contributed by atoms with Crippen LogP contribution in [0.2, 0.25) is 0 Å². The van der Waals surface area contributed by atoms with Crippen LogP contribution >= 0.6 is 12.2 Å².